The molecule has 1 aliphatic carbocycles. The van der Waals surface area contributed by atoms with Crippen molar-refractivity contribution < 1.29 is 48.3 Å². The summed E-state index contributed by atoms with van der Waals surface area (Å²) in [6.07, 6.45) is 2.75. The van der Waals surface area contributed by atoms with Crippen LogP contribution in [0.4, 0.5) is 21.9 Å². The number of phenolic OH excluding ortho intramolecular Hbond substituents is 1. The Labute approximate surface area is 407 Å². The van der Waals surface area contributed by atoms with Gasteiger partial charge in [0.15, 0.2) is 0 Å². The predicted octanol–water partition coefficient (Wildman–Crippen LogP) is 7.75. The van der Waals surface area contributed by atoms with Gasteiger partial charge in [0.25, 0.3) is 0 Å². The van der Waals surface area contributed by atoms with Gasteiger partial charge in [-0.3, -0.25) is 19.3 Å². The van der Waals surface area contributed by atoms with Crippen LogP contribution in [0.5, 0.6) is 5.75 Å². The highest BCUT2D eigenvalue weighted by Crippen LogP contribution is 2.66. The molecule has 5 aromatic carbocycles. The van der Waals surface area contributed by atoms with Gasteiger partial charge >= 0.3 is 12.1 Å². The Kier molecular flexibility index (Phi) is 13.2. The topological polar surface area (TPSA) is 167 Å². The molecule has 5 aliphatic rings. The van der Waals surface area contributed by atoms with E-state index in [0.717, 1.165) is 41.8 Å². The van der Waals surface area contributed by atoms with E-state index in [1.807, 2.05) is 77.7 Å². The number of nitrogens with zero attached hydrogens (tertiary/aromatic N) is 3. The van der Waals surface area contributed by atoms with E-state index in [1.54, 1.807) is 42.5 Å². The van der Waals surface area contributed by atoms with Gasteiger partial charge in [-0.05, 0) is 103 Å². The van der Waals surface area contributed by atoms with Crippen LogP contribution in [0.3, 0.4) is 0 Å². The lowest BCUT2D eigenvalue weighted by molar-refractivity contribution is -0.177. The first-order chi connectivity index (χ1) is 34.1. The van der Waals surface area contributed by atoms with E-state index in [4.69, 9.17) is 18.9 Å². The summed E-state index contributed by atoms with van der Waals surface area (Å²) >= 11 is 0. The van der Waals surface area contributed by atoms with Gasteiger partial charge in [-0.15, -0.1) is 0 Å². The van der Waals surface area contributed by atoms with Crippen LogP contribution in [0.1, 0.15) is 84.5 Å². The monoisotopic (exact) mass is 944 g/mol. The number of imide groups is 1. The number of fused-ring (bicyclic) bond motifs is 3. The first-order valence-corrected chi connectivity index (χ1v) is 24.1. The first kappa shape index (κ1) is 46.7. The molecule has 3 saturated heterocycles. The minimum Gasteiger partial charge on any atom is -0.508 e. The number of amides is 3. The summed E-state index contributed by atoms with van der Waals surface area (Å²) in [4.78, 5) is 67.5. The molecule has 5 aromatic rings. The van der Waals surface area contributed by atoms with Crippen LogP contribution in [-0.2, 0) is 38.7 Å². The average Bonchev–Trinajstić information content (AvgIpc) is 3.72. The second kappa shape index (κ2) is 19.8. The quantitative estimate of drug-likeness (QED) is 0.0570. The Morgan fingerprint density at radius 2 is 1.46 bits per heavy atom. The molecule has 0 unspecified atom stereocenters. The molecule has 4 fully saturated rings. The number of aliphatic hydroxyl groups is 1. The molecule has 3 amide bonds. The molecule has 10 rings (SSSR count). The van der Waals surface area contributed by atoms with Gasteiger partial charge in [-0.1, -0.05) is 97.5 Å². The lowest BCUT2D eigenvalue weighted by Gasteiger charge is -2.46. The van der Waals surface area contributed by atoms with Gasteiger partial charge in [0.1, 0.15) is 35.5 Å². The van der Waals surface area contributed by atoms with E-state index in [2.05, 4.69) is 22.1 Å². The number of methoxy groups -OCH3 is 1. The molecule has 6 atom stereocenters. The molecular formula is C56H56N4O10. The second-order valence-corrected chi connectivity index (χ2v) is 18.7. The summed E-state index contributed by atoms with van der Waals surface area (Å²) in [5.74, 6) is 2.54. The van der Waals surface area contributed by atoms with Crippen molar-refractivity contribution in [3.8, 4) is 17.6 Å². The highest BCUT2D eigenvalue weighted by atomic mass is 16.6. The highest BCUT2D eigenvalue weighted by molar-refractivity contribution is 6.24. The van der Waals surface area contributed by atoms with Crippen molar-refractivity contribution in [2.24, 2.45) is 5.92 Å². The van der Waals surface area contributed by atoms with Crippen LogP contribution < -0.4 is 15.1 Å². The standard InChI is InChI=1S/C56H56N4O10/c1-67-34-35-69-54(65)59-45-25-16-37(26-29-55(66)27-10-2-3-11-28-55)36-44(45)56(53(59)64)46(51(62)57-41-19-21-42(22-20-41)58-30-32-68-33-31-58)48-52(63)70-49(39-14-8-5-9-15-39)47(38-12-6-4-7-13-38)60(48)50(56)40-17-23-43(61)24-18-40/h4-9,12-25,36,46-50,61,66H,2-3,10-11,27-28,30-35H2,1H3,(H,57,62)/t46-,47-,48-,49+,50+,56-/m0/s1. The zero-order chi connectivity index (χ0) is 48.4. The van der Waals surface area contributed by atoms with Crippen LogP contribution in [0.2, 0.25) is 0 Å². The number of hydrogen-bond donors (Lipinski definition) is 3. The van der Waals surface area contributed by atoms with Crippen molar-refractivity contribution in [2.45, 2.75) is 73.8 Å². The molecule has 4 heterocycles. The SMILES string of the molecule is COCCOC(=O)N1C(=O)[C@@]2(c3cc(C#CC4(O)CCCCCC4)ccc31)[C@H](C(=O)Nc1ccc(N3CCOCC3)cc1)[C@H]1C(=O)O[C@H](c3ccccc3)[C@H](c3ccccc3)N1[C@@H]2c1ccc(O)cc1. The Bertz CT molecular complexity index is 2780. The van der Waals surface area contributed by atoms with Crippen molar-refractivity contribution in [3.05, 3.63) is 155 Å². The number of carbonyl (C=O) groups is 4. The normalized spacial score (nSPS) is 25.0. The van der Waals surface area contributed by atoms with Crippen LogP contribution in [-0.4, -0.2) is 97.3 Å². The third kappa shape index (κ3) is 8.57. The summed E-state index contributed by atoms with van der Waals surface area (Å²) < 4.78 is 23.1. The Hall–Kier alpha value is -7.02. The number of hydrogen-bond acceptors (Lipinski definition) is 12. The number of phenols is 1. The lowest BCUT2D eigenvalue weighted by Crippen LogP contribution is -2.54. The fourth-order valence-corrected chi connectivity index (χ4v) is 11.3. The number of morpholine rings is 2. The molecule has 3 N–H and O–H groups in total. The third-order valence-electron chi connectivity index (χ3n) is 14.5. The fraction of sp³-hybridized carbons (Fsp3) is 0.357. The van der Waals surface area contributed by atoms with Crippen molar-refractivity contribution in [2.75, 3.05) is 61.7 Å². The second-order valence-electron chi connectivity index (χ2n) is 18.7. The van der Waals surface area contributed by atoms with E-state index in [1.165, 1.54) is 19.2 Å². The van der Waals surface area contributed by atoms with Crippen molar-refractivity contribution in [3.63, 3.8) is 0 Å². The van der Waals surface area contributed by atoms with Gasteiger partial charge in [0.05, 0.1) is 43.5 Å². The van der Waals surface area contributed by atoms with Crippen molar-refractivity contribution in [1.82, 2.24) is 4.90 Å². The number of nitrogens with one attached hydrogen (secondary N) is 1. The molecule has 14 heteroatoms. The summed E-state index contributed by atoms with van der Waals surface area (Å²) in [6.45, 7) is 2.47. The molecule has 0 radical (unpaired) electrons. The molecule has 0 bridgehead atoms. The van der Waals surface area contributed by atoms with Crippen LogP contribution in [0.15, 0.2) is 127 Å². The van der Waals surface area contributed by atoms with E-state index in [0.29, 0.717) is 61.5 Å². The maximum atomic E-state index is 16.4. The maximum absolute atomic E-state index is 16.4. The predicted molar refractivity (Wildman–Crippen MR) is 261 cm³/mol. The number of aromatic hydroxyl groups is 1. The zero-order valence-corrected chi connectivity index (χ0v) is 39.0. The fourth-order valence-electron chi connectivity index (χ4n) is 11.3. The minimum atomic E-state index is -2.08. The summed E-state index contributed by atoms with van der Waals surface area (Å²) in [5, 5.41) is 25.6. The largest absolute Gasteiger partial charge is 0.508 e. The smallest absolute Gasteiger partial charge is 0.421 e. The summed E-state index contributed by atoms with van der Waals surface area (Å²) in [5.41, 5.74) is 0.777. The molecule has 360 valence electrons. The van der Waals surface area contributed by atoms with E-state index < -0.39 is 65.0 Å². The van der Waals surface area contributed by atoms with Crippen LogP contribution in [0.25, 0.3) is 0 Å². The van der Waals surface area contributed by atoms with E-state index >= 15 is 14.4 Å². The number of ether oxygens (including phenoxy) is 4. The van der Waals surface area contributed by atoms with Gasteiger partial charge in [-0.25, -0.2) is 9.69 Å². The summed E-state index contributed by atoms with van der Waals surface area (Å²) in [6, 6.07) is 34.2. The molecule has 70 heavy (non-hydrogen) atoms. The van der Waals surface area contributed by atoms with Crippen molar-refractivity contribution in [1.29, 1.82) is 0 Å². The molecule has 14 nitrogen and oxygen atoms in total. The number of anilines is 3. The Morgan fingerprint density at radius 1 is 0.786 bits per heavy atom. The van der Waals surface area contributed by atoms with E-state index in [9.17, 15) is 15.0 Å². The number of rotatable bonds is 9. The van der Waals surface area contributed by atoms with Crippen LogP contribution in [0, 0.1) is 17.8 Å². The Morgan fingerprint density at radius 3 is 2.13 bits per heavy atom. The van der Waals surface area contributed by atoms with Gasteiger partial charge in [-0.2, -0.15) is 0 Å². The first-order valence-electron chi connectivity index (χ1n) is 24.1. The molecule has 1 spiro atoms. The molecule has 1 saturated carbocycles. The number of esters is 1. The number of benzene rings is 5. The Balaban J connectivity index is 1.22. The van der Waals surface area contributed by atoms with Gasteiger partial charge in [0, 0.05) is 37.1 Å². The average molecular weight is 945 g/mol. The van der Waals surface area contributed by atoms with Gasteiger partial charge < -0.3 is 39.4 Å². The highest BCUT2D eigenvalue weighted by Gasteiger charge is 2.75. The molecule has 0 aromatic heterocycles. The third-order valence-corrected chi connectivity index (χ3v) is 14.5. The van der Waals surface area contributed by atoms with Crippen LogP contribution >= 0.6 is 0 Å². The van der Waals surface area contributed by atoms with Gasteiger partial charge in [0.2, 0.25) is 11.8 Å². The molecule has 4 aliphatic heterocycles. The minimum absolute atomic E-state index is 0.0440. The zero-order valence-electron chi connectivity index (χ0n) is 39.0. The number of carbonyl (C=O) groups excluding carboxylic acids is 4. The number of cyclic esters (lactones) is 1. The molecular weight excluding hydrogens is 889 g/mol. The maximum Gasteiger partial charge on any atom is 0.421 e. The summed E-state index contributed by atoms with van der Waals surface area (Å²) in [7, 11) is 1.47. The van der Waals surface area contributed by atoms with E-state index in [-0.39, 0.29) is 30.2 Å². The lowest BCUT2D eigenvalue weighted by atomic mass is 9.65. The van der Waals surface area contributed by atoms with Crippen molar-refractivity contribution >= 4 is 40.9 Å².